The molecule has 25 heavy (non-hydrogen) atoms. The maximum absolute atomic E-state index is 4.46. The lowest BCUT2D eigenvalue weighted by Gasteiger charge is -2.08. The minimum Gasteiger partial charge on any atom is -0.361 e. The quantitative estimate of drug-likeness (QED) is 0.656. The van der Waals surface area contributed by atoms with Gasteiger partial charge >= 0.3 is 0 Å². The Kier molecular flexibility index (Phi) is 4.14. The van der Waals surface area contributed by atoms with E-state index < -0.39 is 0 Å². The molecule has 0 saturated heterocycles. The van der Waals surface area contributed by atoms with Crippen molar-refractivity contribution in [3.63, 3.8) is 0 Å². The average molecular weight is 320 g/mol. The molecule has 0 saturated carbocycles. The van der Waals surface area contributed by atoms with Gasteiger partial charge < -0.3 is 4.98 Å². The summed E-state index contributed by atoms with van der Waals surface area (Å²) in [5, 5.41) is 0. The fourth-order valence-electron chi connectivity index (χ4n) is 2.76. The van der Waals surface area contributed by atoms with E-state index in [1.165, 1.54) is 0 Å². The van der Waals surface area contributed by atoms with Crippen LogP contribution in [0.3, 0.4) is 0 Å². The monoisotopic (exact) mass is 320 g/mol. The Hall–Kier alpha value is -3.57. The van der Waals surface area contributed by atoms with Gasteiger partial charge in [0.25, 0.3) is 0 Å². The van der Waals surface area contributed by atoms with Crippen molar-refractivity contribution in [3.05, 3.63) is 113 Å². The minimum atomic E-state index is 0.963. The van der Waals surface area contributed by atoms with Crippen LogP contribution in [-0.2, 0) is 0 Å². The number of hydrogen-bond donors (Lipinski definition) is 1. The molecule has 0 fully saturated rings. The van der Waals surface area contributed by atoms with Crippen LogP contribution in [0.1, 0.15) is 22.4 Å². The Bertz CT molecular complexity index is 993. The van der Waals surface area contributed by atoms with Crippen LogP contribution in [-0.4, -0.2) is 11.2 Å². The van der Waals surface area contributed by atoms with Crippen LogP contribution < -0.4 is 0 Å². The van der Waals surface area contributed by atoms with Crippen LogP contribution >= 0.6 is 0 Å². The van der Waals surface area contributed by atoms with Gasteiger partial charge in [0.15, 0.2) is 0 Å². The molecule has 2 heterocycles. The second kappa shape index (κ2) is 6.90. The molecule has 0 aliphatic carbocycles. The third-order valence-electron chi connectivity index (χ3n) is 3.98. The fourth-order valence-corrected chi connectivity index (χ4v) is 2.76. The van der Waals surface area contributed by atoms with Crippen molar-refractivity contribution in [2.75, 3.05) is 0 Å². The number of nitrogens with zero attached hydrogens (tertiary/aromatic N) is 1. The first-order valence-electron chi connectivity index (χ1n) is 8.16. The summed E-state index contributed by atoms with van der Waals surface area (Å²) in [4.78, 5) is 7.74. The van der Waals surface area contributed by atoms with Crippen molar-refractivity contribution in [2.45, 2.75) is 0 Å². The molecule has 1 N–H and O–H groups in total. The standard InChI is InChI=1S/C23H16N2/c1-2-6-18(7-3-1)10-11-19-12-14-20(15-13-19)23(21-8-4-16-24-21)22-9-5-17-25-22/h1-9,12-17,24H. The Morgan fingerprint density at radius 2 is 1.56 bits per heavy atom. The third-order valence-corrected chi connectivity index (χ3v) is 3.98. The average Bonchev–Trinajstić information content (AvgIpc) is 3.37. The summed E-state index contributed by atoms with van der Waals surface area (Å²) in [6.45, 7) is 0. The van der Waals surface area contributed by atoms with E-state index >= 15 is 0 Å². The van der Waals surface area contributed by atoms with Gasteiger partial charge in [-0.15, -0.1) is 0 Å². The zero-order valence-electron chi connectivity index (χ0n) is 13.6. The molecule has 0 spiro atoms. The number of nitrogens with one attached hydrogen (secondary N) is 1. The molecule has 1 aliphatic rings. The Morgan fingerprint density at radius 1 is 0.800 bits per heavy atom. The minimum absolute atomic E-state index is 0.963. The lowest BCUT2D eigenvalue weighted by atomic mass is 9.99. The smallest absolute Gasteiger partial charge is 0.0729 e. The molecule has 1 aliphatic heterocycles. The topological polar surface area (TPSA) is 28.1 Å². The van der Waals surface area contributed by atoms with Gasteiger partial charge in [0.1, 0.15) is 0 Å². The van der Waals surface area contributed by atoms with Gasteiger partial charge in [0.05, 0.1) is 5.70 Å². The molecule has 0 amide bonds. The highest BCUT2D eigenvalue weighted by molar-refractivity contribution is 5.88. The number of aromatic amines is 1. The SMILES string of the molecule is C(#Cc1ccc(C(=C2C=CC=N2)c2ccc[nH]2)cc1)c1ccccc1. The van der Waals surface area contributed by atoms with E-state index in [1.54, 1.807) is 0 Å². The van der Waals surface area contributed by atoms with Gasteiger partial charge in [0, 0.05) is 34.8 Å². The van der Waals surface area contributed by atoms with Crippen LogP contribution in [0.4, 0.5) is 0 Å². The second-order valence-corrected chi connectivity index (χ2v) is 5.67. The highest BCUT2D eigenvalue weighted by atomic mass is 14.8. The van der Waals surface area contributed by atoms with Gasteiger partial charge in [0.2, 0.25) is 0 Å². The Morgan fingerprint density at radius 3 is 2.20 bits per heavy atom. The van der Waals surface area contributed by atoms with Crippen molar-refractivity contribution in [1.29, 1.82) is 0 Å². The zero-order chi connectivity index (χ0) is 16.9. The lowest BCUT2D eigenvalue weighted by Crippen LogP contribution is -1.92. The van der Waals surface area contributed by atoms with Crippen molar-refractivity contribution in [3.8, 4) is 11.8 Å². The first kappa shape index (κ1) is 15.0. The molecule has 2 aromatic carbocycles. The van der Waals surface area contributed by atoms with Crippen molar-refractivity contribution < 1.29 is 0 Å². The van der Waals surface area contributed by atoms with Crippen molar-refractivity contribution in [2.24, 2.45) is 4.99 Å². The number of aromatic nitrogens is 1. The number of hydrogen-bond acceptors (Lipinski definition) is 1. The number of benzene rings is 2. The van der Waals surface area contributed by atoms with E-state index in [9.17, 15) is 0 Å². The number of rotatable bonds is 2. The molecule has 0 radical (unpaired) electrons. The summed E-state index contributed by atoms with van der Waals surface area (Å²) in [5.41, 5.74) is 6.25. The van der Waals surface area contributed by atoms with E-state index in [-0.39, 0.29) is 0 Å². The van der Waals surface area contributed by atoms with Crippen LogP contribution in [0.25, 0.3) is 5.57 Å². The maximum atomic E-state index is 4.46. The van der Waals surface area contributed by atoms with Gasteiger partial charge in [-0.2, -0.15) is 0 Å². The molecule has 118 valence electrons. The summed E-state index contributed by atoms with van der Waals surface area (Å²) in [6, 6.07) is 22.4. The predicted molar refractivity (Wildman–Crippen MR) is 103 cm³/mol. The highest BCUT2D eigenvalue weighted by Gasteiger charge is 2.12. The first-order valence-corrected chi connectivity index (χ1v) is 8.16. The molecule has 2 nitrogen and oxygen atoms in total. The summed E-state index contributed by atoms with van der Waals surface area (Å²) in [5.74, 6) is 6.40. The summed E-state index contributed by atoms with van der Waals surface area (Å²) in [6.07, 6.45) is 7.73. The third kappa shape index (κ3) is 3.36. The molecule has 3 aromatic rings. The molecule has 2 heteroatoms. The van der Waals surface area contributed by atoms with Crippen LogP contribution in [0, 0.1) is 11.8 Å². The number of H-pyrrole nitrogens is 1. The summed E-state index contributed by atoms with van der Waals surface area (Å²) < 4.78 is 0. The molecule has 0 atom stereocenters. The largest absolute Gasteiger partial charge is 0.361 e. The normalized spacial score (nSPS) is 14.2. The summed E-state index contributed by atoms with van der Waals surface area (Å²) in [7, 11) is 0. The molecule has 0 unspecified atom stereocenters. The van der Waals surface area contributed by atoms with Crippen LogP contribution in [0.2, 0.25) is 0 Å². The number of aliphatic imine (C=N–C) groups is 1. The predicted octanol–water partition coefficient (Wildman–Crippen LogP) is 4.81. The Labute approximate surface area is 147 Å². The van der Waals surface area contributed by atoms with E-state index in [1.807, 2.05) is 61.0 Å². The second-order valence-electron chi connectivity index (χ2n) is 5.67. The molecular formula is C23H16N2. The van der Waals surface area contributed by atoms with Gasteiger partial charge in [-0.1, -0.05) is 42.2 Å². The van der Waals surface area contributed by atoms with Gasteiger partial charge in [-0.05, 0) is 54.1 Å². The van der Waals surface area contributed by atoms with Crippen molar-refractivity contribution >= 4 is 11.8 Å². The number of allylic oxidation sites excluding steroid dienone is 2. The summed E-state index contributed by atoms with van der Waals surface area (Å²) >= 11 is 0. The van der Waals surface area contributed by atoms with Crippen molar-refractivity contribution in [1.82, 2.24) is 4.98 Å². The van der Waals surface area contributed by atoms with E-state index in [0.717, 1.165) is 33.7 Å². The van der Waals surface area contributed by atoms with E-state index in [2.05, 4.69) is 52.1 Å². The molecule has 1 aromatic heterocycles. The van der Waals surface area contributed by atoms with E-state index in [0.29, 0.717) is 0 Å². The van der Waals surface area contributed by atoms with Gasteiger partial charge in [-0.3, -0.25) is 4.99 Å². The highest BCUT2D eigenvalue weighted by Crippen LogP contribution is 2.28. The molecule has 4 rings (SSSR count). The van der Waals surface area contributed by atoms with Crippen LogP contribution in [0.15, 0.2) is 95.8 Å². The first-order chi connectivity index (χ1) is 12.4. The van der Waals surface area contributed by atoms with Crippen LogP contribution in [0.5, 0.6) is 0 Å². The zero-order valence-corrected chi connectivity index (χ0v) is 13.6. The van der Waals surface area contributed by atoms with E-state index in [4.69, 9.17) is 0 Å². The maximum Gasteiger partial charge on any atom is 0.0729 e. The Balaban J connectivity index is 1.67. The fraction of sp³-hybridized carbons (Fsp3) is 0. The van der Waals surface area contributed by atoms with Gasteiger partial charge in [-0.25, -0.2) is 0 Å². The molecule has 0 bridgehead atoms. The lowest BCUT2D eigenvalue weighted by molar-refractivity contribution is 1.32. The molecular weight excluding hydrogens is 304 g/mol.